The number of hydrogen-bond donors (Lipinski definition) is 0. The molecule has 0 fully saturated rings. The molecular formula is C34H24S. The van der Waals surface area contributed by atoms with Gasteiger partial charge in [-0.1, -0.05) is 97.9 Å². The highest BCUT2D eigenvalue weighted by atomic mass is 32.1. The fraction of sp³-hybridized carbons (Fsp3) is 0.118. The first kappa shape index (κ1) is 19.6. The van der Waals surface area contributed by atoms with Crippen LogP contribution in [0.5, 0.6) is 0 Å². The lowest BCUT2D eigenvalue weighted by Crippen LogP contribution is -2.26. The van der Waals surface area contributed by atoms with Gasteiger partial charge in [-0.05, 0) is 75.0 Å². The molecule has 0 radical (unpaired) electrons. The average Bonchev–Trinajstić information content (AvgIpc) is 3.53. The SMILES string of the molecule is CCc1ccc2c(c1)C1(c3ccccc3-c3ccccc31)c1cc(C)c3sc4ccccc4c3c1-2. The largest absolute Gasteiger partial charge is 0.135 e. The van der Waals surface area contributed by atoms with Crippen LogP contribution in [0.1, 0.15) is 40.3 Å². The third kappa shape index (κ3) is 2.23. The van der Waals surface area contributed by atoms with Crippen LogP contribution >= 0.6 is 11.3 Å². The second-order valence-corrected chi connectivity index (χ2v) is 11.0. The summed E-state index contributed by atoms with van der Waals surface area (Å²) in [6, 6.07) is 36.9. The first-order chi connectivity index (χ1) is 17.2. The Kier molecular flexibility index (Phi) is 3.76. The number of fused-ring (bicyclic) bond motifs is 14. The number of hydrogen-bond acceptors (Lipinski definition) is 1. The van der Waals surface area contributed by atoms with Crippen molar-refractivity contribution in [3.63, 3.8) is 0 Å². The predicted octanol–water partition coefficient (Wildman–Crippen LogP) is 9.27. The molecular weight excluding hydrogens is 440 g/mol. The quantitative estimate of drug-likeness (QED) is 0.227. The summed E-state index contributed by atoms with van der Waals surface area (Å²) in [6.45, 7) is 4.57. The van der Waals surface area contributed by atoms with Gasteiger partial charge in [-0.15, -0.1) is 11.3 Å². The van der Waals surface area contributed by atoms with Crippen LogP contribution in [0.15, 0.2) is 97.1 Å². The van der Waals surface area contributed by atoms with Crippen molar-refractivity contribution >= 4 is 31.5 Å². The molecule has 0 atom stereocenters. The summed E-state index contributed by atoms with van der Waals surface area (Å²) in [6.07, 6.45) is 1.04. The molecule has 0 N–H and O–H groups in total. The summed E-state index contributed by atoms with van der Waals surface area (Å²) in [5.74, 6) is 0. The van der Waals surface area contributed by atoms with Gasteiger partial charge in [0.15, 0.2) is 0 Å². The second-order valence-electron chi connectivity index (χ2n) is 9.99. The molecule has 1 spiro atoms. The predicted molar refractivity (Wildman–Crippen MR) is 150 cm³/mol. The minimum atomic E-state index is -0.273. The lowest BCUT2D eigenvalue weighted by Gasteiger charge is -2.31. The maximum Gasteiger partial charge on any atom is 0.0725 e. The summed E-state index contributed by atoms with van der Waals surface area (Å²) in [5, 5.41) is 2.82. The van der Waals surface area contributed by atoms with Crippen molar-refractivity contribution in [2.75, 3.05) is 0 Å². The van der Waals surface area contributed by atoms with Gasteiger partial charge in [0.2, 0.25) is 0 Å². The standard InChI is InChI=1S/C34H24S/c1-3-21-16-17-24-28(19-21)34(26-13-7-4-10-22(26)23-11-5-8-14-27(23)34)29-18-20(2)33-32(31(24)29)25-12-6-9-15-30(25)35-33/h4-19H,3H2,1-2H3. The Morgan fingerprint density at radius 2 is 1.34 bits per heavy atom. The fourth-order valence-corrected chi connectivity index (χ4v) is 8.12. The smallest absolute Gasteiger partial charge is 0.0725 e. The first-order valence-electron chi connectivity index (χ1n) is 12.5. The maximum atomic E-state index is 2.51. The van der Waals surface area contributed by atoms with E-state index < -0.39 is 0 Å². The molecule has 0 saturated heterocycles. The van der Waals surface area contributed by atoms with Crippen molar-refractivity contribution in [1.29, 1.82) is 0 Å². The molecule has 6 aromatic rings. The van der Waals surface area contributed by atoms with Crippen LogP contribution in [-0.2, 0) is 11.8 Å². The topological polar surface area (TPSA) is 0 Å². The summed E-state index contributed by atoms with van der Waals surface area (Å²) in [5.41, 5.74) is 13.8. The molecule has 5 aromatic carbocycles. The molecule has 166 valence electrons. The van der Waals surface area contributed by atoms with E-state index in [9.17, 15) is 0 Å². The number of aryl methyl sites for hydroxylation is 2. The highest BCUT2D eigenvalue weighted by Gasteiger charge is 2.52. The number of rotatable bonds is 1. The van der Waals surface area contributed by atoms with Crippen LogP contribution < -0.4 is 0 Å². The highest BCUT2D eigenvalue weighted by molar-refractivity contribution is 7.26. The van der Waals surface area contributed by atoms with Crippen LogP contribution in [0.4, 0.5) is 0 Å². The van der Waals surface area contributed by atoms with Gasteiger partial charge < -0.3 is 0 Å². The van der Waals surface area contributed by atoms with Gasteiger partial charge in [0.05, 0.1) is 5.41 Å². The molecule has 1 heteroatoms. The Bertz CT molecular complexity index is 1800. The number of benzene rings is 5. The molecule has 8 rings (SSSR count). The number of thiophene rings is 1. The van der Waals surface area contributed by atoms with Crippen LogP contribution in [-0.4, -0.2) is 0 Å². The highest BCUT2D eigenvalue weighted by Crippen LogP contribution is 2.64. The Hall–Kier alpha value is -3.68. The first-order valence-corrected chi connectivity index (χ1v) is 13.3. The lowest BCUT2D eigenvalue weighted by atomic mass is 9.70. The third-order valence-corrected chi connectivity index (χ3v) is 9.66. The summed E-state index contributed by atoms with van der Waals surface area (Å²) < 4.78 is 2.80. The molecule has 35 heavy (non-hydrogen) atoms. The van der Waals surface area contributed by atoms with Crippen molar-refractivity contribution in [3.05, 3.63) is 130 Å². The van der Waals surface area contributed by atoms with Gasteiger partial charge in [0, 0.05) is 20.2 Å². The molecule has 0 bridgehead atoms. The van der Waals surface area contributed by atoms with Gasteiger partial charge in [-0.3, -0.25) is 0 Å². The molecule has 0 aliphatic heterocycles. The minimum Gasteiger partial charge on any atom is -0.135 e. The lowest BCUT2D eigenvalue weighted by molar-refractivity contribution is 0.791. The van der Waals surface area contributed by atoms with Crippen molar-refractivity contribution in [2.24, 2.45) is 0 Å². The summed E-state index contributed by atoms with van der Waals surface area (Å²) >= 11 is 1.94. The normalized spacial score (nSPS) is 14.3. The van der Waals surface area contributed by atoms with Crippen LogP contribution in [0, 0.1) is 6.92 Å². The van der Waals surface area contributed by atoms with Gasteiger partial charge in [0.1, 0.15) is 0 Å². The van der Waals surface area contributed by atoms with Crippen molar-refractivity contribution in [2.45, 2.75) is 25.7 Å². The van der Waals surface area contributed by atoms with Crippen molar-refractivity contribution in [3.8, 4) is 22.3 Å². The Labute approximate surface area is 209 Å². The molecule has 0 amide bonds. The van der Waals surface area contributed by atoms with E-state index in [1.54, 1.807) is 0 Å². The van der Waals surface area contributed by atoms with E-state index >= 15 is 0 Å². The van der Waals surface area contributed by atoms with E-state index in [4.69, 9.17) is 0 Å². The molecule has 0 saturated carbocycles. The Morgan fingerprint density at radius 1 is 0.657 bits per heavy atom. The monoisotopic (exact) mass is 464 g/mol. The van der Waals surface area contributed by atoms with Crippen molar-refractivity contribution < 1.29 is 0 Å². The minimum absolute atomic E-state index is 0.273. The summed E-state index contributed by atoms with van der Waals surface area (Å²) in [4.78, 5) is 0. The van der Waals surface area contributed by atoms with Crippen LogP contribution in [0.3, 0.4) is 0 Å². The van der Waals surface area contributed by atoms with Crippen LogP contribution in [0.2, 0.25) is 0 Å². The van der Waals surface area contributed by atoms with Gasteiger partial charge in [-0.2, -0.15) is 0 Å². The van der Waals surface area contributed by atoms with Crippen LogP contribution in [0.25, 0.3) is 42.4 Å². The molecule has 0 unspecified atom stereocenters. The molecule has 2 aliphatic rings. The fourth-order valence-electron chi connectivity index (χ4n) is 6.94. The van der Waals surface area contributed by atoms with Gasteiger partial charge >= 0.3 is 0 Å². The van der Waals surface area contributed by atoms with E-state index in [-0.39, 0.29) is 5.41 Å². The van der Waals surface area contributed by atoms with E-state index in [0.717, 1.165) is 6.42 Å². The molecule has 2 aliphatic carbocycles. The van der Waals surface area contributed by atoms with E-state index in [0.29, 0.717) is 0 Å². The van der Waals surface area contributed by atoms with E-state index in [1.165, 1.54) is 75.8 Å². The summed E-state index contributed by atoms with van der Waals surface area (Å²) in [7, 11) is 0. The maximum absolute atomic E-state index is 2.51. The van der Waals surface area contributed by atoms with Gasteiger partial charge in [-0.25, -0.2) is 0 Å². The Balaban J connectivity index is 1.66. The second kappa shape index (κ2) is 6.71. The molecule has 1 aromatic heterocycles. The van der Waals surface area contributed by atoms with Crippen molar-refractivity contribution in [1.82, 2.24) is 0 Å². The van der Waals surface area contributed by atoms with E-state index in [2.05, 4.69) is 111 Å². The zero-order valence-electron chi connectivity index (χ0n) is 19.9. The molecule has 0 nitrogen and oxygen atoms in total. The zero-order valence-corrected chi connectivity index (χ0v) is 20.7. The average molecular weight is 465 g/mol. The van der Waals surface area contributed by atoms with Gasteiger partial charge in [0.25, 0.3) is 0 Å². The molecule has 1 heterocycles. The third-order valence-electron chi connectivity index (χ3n) is 8.36. The zero-order chi connectivity index (χ0) is 23.3. The van der Waals surface area contributed by atoms with E-state index in [1.807, 2.05) is 11.3 Å². The Morgan fingerprint density at radius 3 is 2.09 bits per heavy atom.